The Morgan fingerprint density at radius 3 is 2.43 bits per heavy atom. The number of thioether (sulfide) groups is 1. The Kier molecular flexibility index (Phi) is 7.84. The summed E-state index contributed by atoms with van der Waals surface area (Å²) in [6, 6.07) is -2.01. The summed E-state index contributed by atoms with van der Waals surface area (Å²) >= 11 is 1.65. The summed E-state index contributed by atoms with van der Waals surface area (Å²) in [5.41, 5.74) is 5.52. The van der Waals surface area contributed by atoms with E-state index in [2.05, 4.69) is 12.2 Å². The lowest BCUT2D eigenvalue weighted by Crippen LogP contribution is -2.50. The van der Waals surface area contributed by atoms with Gasteiger partial charge in [0.15, 0.2) is 0 Å². The number of carboxylic acid groups (broad SMARTS) is 1. The van der Waals surface area contributed by atoms with Crippen LogP contribution in [0.25, 0.3) is 0 Å². The molecular formula is C15H26N2O5S. The van der Waals surface area contributed by atoms with Gasteiger partial charge in [-0.2, -0.15) is 11.8 Å². The molecule has 132 valence electrons. The van der Waals surface area contributed by atoms with Crippen molar-refractivity contribution in [1.82, 2.24) is 5.32 Å². The first-order valence-corrected chi connectivity index (χ1v) is 8.75. The number of nitrogens with two attached hydrogens (primary N) is 1. The SMILES string of the molecule is COC(=O)[C@H](CSC1(C)CCCCC1)NC(=O)[C@@H](N)CC(=O)O. The van der Waals surface area contributed by atoms with Crippen LogP contribution in [0.1, 0.15) is 45.4 Å². The monoisotopic (exact) mass is 346 g/mol. The van der Waals surface area contributed by atoms with E-state index in [0.717, 1.165) is 12.8 Å². The van der Waals surface area contributed by atoms with Crippen molar-refractivity contribution in [3.63, 3.8) is 0 Å². The van der Waals surface area contributed by atoms with E-state index in [0.29, 0.717) is 5.75 Å². The maximum atomic E-state index is 11.9. The Labute approximate surface area is 140 Å². The molecule has 1 aliphatic carbocycles. The minimum absolute atomic E-state index is 0.0957. The van der Waals surface area contributed by atoms with E-state index in [9.17, 15) is 14.4 Å². The van der Waals surface area contributed by atoms with Gasteiger partial charge in [0.1, 0.15) is 6.04 Å². The van der Waals surface area contributed by atoms with E-state index in [1.54, 1.807) is 11.8 Å². The van der Waals surface area contributed by atoms with Crippen LogP contribution in [0.5, 0.6) is 0 Å². The lowest BCUT2D eigenvalue weighted by Gasteiger charge is -2.34. The van der Waals surface area contributed by atoms with Crippen LogP contribution >= 0.6 is 11.8 Å². The third kappa shape index (κ3) is 6.78. The van der Waals surface area contributed by atoms with Crippen LogP contribution in [0, 0.1) is 0 Å². The number of ether oxygens (including phenoxy) is 1. The minimum atomic E-state index is -1.19. The van der Waals surface area contributed by atoms with Crippen molar-refractivity contribution in [1.29, 1.82) is 0 Å². The van der Waals surface area contributed by atoms with Crippen molar-refractivity contribution in [2.75, 3.05) is 12.9 Å². The maximum Gasteiger partial charge on any atom is 0.329 e. The zero-order chi connectivity index (χ0) is 17.5. The maximum absolute atomic E-state index is 11.9. The largest absolute Gasteiger partial charge is 0.481 e. The summed E-state index contributed by atoms with van der Waals surface area (Å²) in [7, 11) is 1.26. The lowest BCUT2D eigenvalue weighted by molar-refractivity contribution is -0.144. The third-order valence-electron chi connectivity index (χ3n) is 4.04. The molecule has 1 fully saturated rings. The van der Waals surface area contributed by atoms with Crippen molar-refractivity contribution >= 4 is 29.6 Å². The third-order valence-corrected chi connectivity index (χ3v) is 5.65. The first kappa shape index (κ1) is 19.8. The molecule has 1 saturated carbocycles. The molecule has 0 aromatic carbocycles. The predicted molar refractivity (Wildman–Crippen MR) is 88.1 cm³/mol. The molecule has 2 atom stereocenters. The molecule has 1 rings (SSSR count). The molecule has 7 nitrogen and oxygen atoms in total. The van der Waals surface area contributed by atoms with E-state index >= 15 is 0 Å². The predicted octanol–water partition coefficient (Wildman–Crippen LogP) is 0.902. The van der Waals surface area contributed by atoms with Gasteiger partial charge in [-0.05, 0) is 12.8 Å². The van der Waals surface area contributed by atoms with Gasteiger partial charge < -0.3 is 20.9 Å². The molecule has 0 aliphatic heterocycles. The second-order valence-electron chi connectivity index (χ2n) is 6.11. The van der Waals surface area contributed by atoms with E-state index in [1.807, 2.05) is 0 Å². The molecule has 23 heavy (non-hydrogen) atoms. The van der Waals surface area contributed by atoms with Crippen LogP contribution in [-0.2, 0) is 19.1 Å². The molecule has 0 aromatic rings. The van der Waals surface area contributed by atoms with E-state index in [1.165, 1.54) is 26.4 Å². The second kappa shape index (κ2) is 9.12. The summed E-state index contributed by atoms with van der Waals surface area (Å²) in [4.78, 5) is 34.4. The average molecular weight is 346 g/mol. The normalized spacial score (nSPS) is 19.4. The van der Waals surface area contributed by atoms with Gasteiger partial charge >= 0.3 is 11.9 Å². The van der Waals surface area contributed by atoms with Crippen LogP contribution in [0.2, 0.25) is 0 Å². The number of carbonyl (C=O) groups excluding carboxylic acids is 2. The number of hydrogen-bond donors (Lipinski definition) is 3. The zero-order valence-electron chi connectivity index (χ0n) is 13.7. The fraction of sp³-hybridized carbons (Fsp3) is 0.800. The first-order chi connectivity index (χ1) is 10.8. The number of carboxylic acids is 1. The molecule has 0 spiro atoms. The number of methoxy groups -OCH3 is 1. The van der Waals surface area contributed by atoms with Crippen molar-refractivity contribution in [3.8, 4) is 0 Å². The highest BCUT2D eigenvalue weighted by Gasteiger charge is 2.31. The molecule has 1 aliphatic rings. The summed E-state index contributed by atoms with van der Waals surface area (Å²) in [5.74, 6) is -1.98. The Hall–Kier alpha value is -1.28. The Balaban J connectivity index is 2.60. The number of esters is 1. The number of aliphatic carboxylic acids is 1. The molecule has 0 unspecified atom stereocenters. The van der Waals surface area contributed by atoms with Gasteiger partial charge in [-0.25, -0.2) is 4.79 Å². The van der Waals surface area contributed by atoms with Crippen LogP contribution in [0.3, 0.4) is 0 Å². The molecule has 8 heteroatoms. The van der Waals surface area contributed by atoms with Crippen LogP contribution < -0.4 is 11.1 Å². The van der Waals surface area contributed by atoms with Crippen molar-refractivity contribution < 1.29 is 24.2 Å². The summed E-state index contributed by atoms with van der Waals surface area (Å²) in [6.45, 7) is 2.17. The smallest absolute Gasteiger partial charge is 0.329 e. The zero-order valence-corrected chi connectivity index (χ0v) is 14.5. The van der Waals surface area contributed by atoms with E-state index < -0.39 is 36.4 Å². The van der Waals surface area contributed by atoms with Gasteiger partial charge in [0.2, 0.25) is 5.91 Å². The molecule has 0 aromatic heterocycles. The van der Waals surface area contributed by atoms with E-state index in [-0.39, 0.29) is 4.75 Å². The van der Waals surface area contributed by atoms with Crippen LogP contribution in [0.15, 0.2) is 0 Å². The standard InChI is InChI=1S/C15H26N2O5S/c1-15(6-4-3-5-7-15)23-9-11(14(21)22-2)17-13(20)10(16)8-12(18)19/h10-11H,3-9,16H2,1-2H3,(H,17,20)(H,18,19)/t10-,11-/m0/s1. The van der Waals surface area contributed by atoms with Crippen LogP contribution in [-0.4, -0.2) is 52.6 Å². The molecule has 0 saturated heterocycles. The first-order valence-electron chi connectivity index (χ1n) is 7.77. The molecule has 0 heterocycles. The number of carbonyl (C=O) groups is 3. The Bertz CT molecular complexity index is 438. The molecule has 4 N–H and O–H groups in total. The minimum Gasteiger partial charge on any atom is -0.481 e. The van der Waals surface area contributed by atoms with Gasteiger partial charge in [0.05, 0.1) is 19.6 Å². The number of hydrogen-bond acceptors (Lipinski definition) is 6. The summed E-state index contributed by atoms with van der Waals surface area (Å²) in [6.07, 6.45) is 5.25. The fourth-order valence-corrected chi connectivity index (χ4v) is 3.96. The van der Waals surface area contributed by atoms with Crippen molar-refractivity contribution in [3.05, 3.63) is 0 Å². The van der Waals surface area contributed by atoms with Gasteiger partial charge in [0, 0.05) is 10.5 Å². The molecule has 1 amide bonds. The highest BCUT2D eigenvalue weighted by atomic mass is 32.2. The Morgan fingerprint density at radius 2 is 1.91 bits per heavy atom. The Morgan fingerprint density at radius 1 is 1.30 bits per heavy atom. The topological polar surface area (TPSA) is 119 Å². The fourth-order valence-electron chi connectivity index (χ4n) is 2.60. The van der Waals surface area contributed by atoms with Gasteiger partial charge in [0.25, 0.3) is 0 Å². The number of amides is 1. The second-order valence-corrected chi connectivity index (χ2v) is 7.72. The van der Waals surface area contributed by atoms with E-state index in [4.69, 9.17) is 15.6 Å². The van der Waals surface area contributed by atoms with Gasteiger partial charge in [-0.1, -0.05) is 26.2 Å². The number of rotatable bonds is 8. The summed E-state index contributed by atoms with van der Waals surface area (Å²) in [5, 5.41) is 11.2. The average Bonchev–Trinajstić information content (AvgIpc) is 2.50. The van der Waals surface area contributed by atoms with Crippen LogP contribution in [0.4, 0.5) is 0 Å². The summed E-state index contributed by atoms with van der Waals surface area (Å²) < 4.78 is 4.82. The quantitative estimate of drug-likeness (QED) is 0.559. The molecular weight excluding hydrogens is 320 g/mol. The number of nitrogens with one attached hydrogen (secondary N) is 1. The van der Waals surface area contributed by atoms with Gasteiger partial charge in [-0.15, -0.1) is 0 Å². The van der Waals surface area contributed by atoms with Crippen molar-refractivity contribution in [2.45, 2.75) is 62.3 Å². The highest BCUT2D eigenvalue weighted by Crippen LogP contribution is 2.39. The van der Waals surface area contributed by atoms with Crippen molar-refractivity contribution in [2.24, 2.45) is 5.73 Å². The van der Waals surface area contributed by atoms with Gasteiger partial charge in [-0.3, -0.25) is 9.59 Å². The highest BCUT2D eigenvalue weighted by molar-refractivity contribution is 8.00. The molecule has 0 radical (unpaired) electrons. The lowest BCUT2D eigenvalue weighted by atomic mass is 9.90. The molecule has 0 bridgehead atoms.